The molecule has 50 heavy (non-hydrogen) atoms. The van der Waals surface area contributed by atoms with Crippen LogP contribution in [0.15, 0.2) is 152 Å². The largest absolute Gasteiger partial charge is 0.310 e. The summed E-state index contributed by atoms with van der Waals surface area (Å²) in [5.41, 5.74) is 16.7. The molecule has 7 aromatic carbocycles. The zero-order valence-corrected chi connectivity index (χ0v) is 29.6. The zero-order valence-electron chi connectivity index (χ0n) is 28.8. The summed E-state index contributed by atoms with van der Waals surface area (Å²) in [6.07, 6.45) is 0. The minimum atomic E-state index is -0.162. The second-order valence-corrected chi connectivity index (χ2v) is 16.0. The molecule has 2 aliphatic rings. The van der Waals surface area contributed by atoms with Gasteiger partial charge in [-0.25, -0.2) is 0 Å². The fourth-order valence-electron chi connectivity index (χ4n) is 9.11. The van der Waals surface area contributed by atoms with E-state index in [0.717, 1.165) is 5.69 Å². The van der Waals surface area contributed by atoms with Crippen molar-refractivity contribution in [2.24, 2.45) is 0 Å². The van der Waals surface area contributed by atoms with Crippen molar-refractivity contribution in [1.82, 2.24) is 0 Å². The second kappa shape index (κ2) is 10.5. The van der Waals surface area contributed by atoms with Gasteiger partial charge in [0.15, 0.2) is 0 Å². The average Bonchev–Trinajstić information content (AvgIpc) is 3.72. The summed E-state index contributed by atoms with van der Waals surface area (Å²) in [7, 11) is 0. The van der Waals surface area contributed by atoms with E-state index < -0.39 is 0 Å². The number of hydrogen-bond donors (Lipinski definition) is 0. The maximum atomic E-state index is 2.52. The third-order valence-corrected chi connectivity index (χ3v) is 12.6. The highest BCUT2D eigenvalue weighted by Crippen LogP contribution is 2.56. The Morgan fingerprint density at radius 3 is 1.88 bits per heavy atom. The van der Waals surface area contributed by atoms with Crippen LogP contribution in [0.5, 0.6) is 0 Å². The van der Waals surface area contributed by atoms with Crippen LogP contribution in [0.3, 0.4) is 0 Å². The third-order valence-electron chi connectivity index (χ3n) is 11.4. The molecule has 0 atom stereocenters. The molecule has 0 radical (unpaired) electrons. The Morgan fingerprint density at radius 1 is 0.440 bits per heavy atom. The van der Waals surface area contributed by atoms with Crippen molar-refractivity contribution in [2.45, 2.75) is 38.5 Å². The highest BCUT2D eigenvalue weighted by Gasteiger charge is 2.40. The molecule has 0 bridgehead atoms. The number of thiophene rings is 1. The lowest BCUT2D eigenvalue weighted by atomic mass is 9.81. The second-order valence-electron chi connectivity index (χ2n) is 14.9. The molecule has 2 aliphatic carbocycles. The SMILES string of the molecule is CC1(C)c2ccccc2-c2cc(N(c3cccc(-c4cccc5sc6ccccc6c45)c3)c3cccc4c3C(C)(C)c3ccccc3-4)ccc21. The molecule has 1 heterocycles. The summed E-state index contributed by atoms with van der Waals surface area (Å²) >= 11 is 1.88. The van der Waals surface area contributed by atoms with Gasteiger partial charge in [-0.1, -0.05) is 137 Å². The molecule has 0 saturated carbocycles. The summed E-state index contributed by atoms with van der Waals surface area (Å²) in [5, 5.41) is 2.66. The van der Waals surface area contributed by atoms with Gasteiger partial charge in [0.05, 0.1) is 5.69 Å². The van der Waals surface area contributed by atoms with Crippen molar-refractivity contribution in [1.29, 1.82) is 0 Å². The Bertz CT molecular complexity index is 2670. The predicted octanol–water partition coefficient (Wildman–Crippen LogP) is 13.8. The van der Waals surface area contributed by atoms with Crippen LogP contribution in [-0.4, -0.2) is 0 Å². The Hall–Kier alpha value is -5.44. The van der Waals surface area contributed by atoms with Crippen molar-refractivity contribution in [3.05, 3.63) is 174 Å². The maximum Gasteiger partial charge on any atom is 0.0508 e. The van der Waals surface area contributed by atoms with Gasteiger partial charge in [0.25, 0.3) is 0 Å². The highest BCUT2D eigenvalue weighted by atomic mass is 32.1. The first-order chi connectivity index (χ1) is 24.3. The van der Waals surface area contributed by atoms with Crippen LogP contribution in [-0.2, 0) is 10.8 Å². The van der Waals surface area contributed by atoms with Crippen LogP contribution in [0.1, 0.15) is 49.9 Å². The summed E-state index contributed by atoms with van der Waals surface area (Å²) in [4.78, 5) is 2.52. The fraction of sp³-hybridized carbons (Fsp3) is 0.125. The van der Waals surface area contributed by atoms with Crippen LogP contribution in [0.2, 0.25) is 0 Å². The molecule has 10 rings (SSSR count). The molecule has 0 fully saturated rings. The van der Waals surface area contributed by atoms with Crippen LogP contribution in [0.4, 0.5) is 17.1 Å². The van der Waals surface area contributed by atoms with Crippen LogP contribution >= 0.6 is 11.3 Å². The van der Waals surface area contributed by atoms with Crippen molar-refractivity contribution in [3.63, 3.8) is 0 Å². The minimum absolute atomic E-state index is 0.0468. The maximum absolute atomic E-state index is 2.52. The lowest BCUT2D eigenvalue weighted by molar-refractivity contribution is 0.660. The van der Waals surface area contributed by atoms with Gasteiger partial charge in [0.1, 0.15) is 0 Å². The number of rotatable bonds is 4. The quantitative estimate of drug-likeness (QED) is 0.182. The Balaban J connectivity index is 1.23. The topological polar surface area (TPSA) is 3.24 Å². The Kier molecular flexibility index (Phi) is 6.21. The Labute approximate surface area is 298 Å². The molecule has 0 saturated heterocycles. The van der Waals surface area contributed by atoms with E-state index >= 15 is 0 Å². The smallest absolute Gasteiger partial charge is 0.0508 e. The Morgan fingerprint density at radius 2 is 1.04 bits per heavy atom. The van der Waals surface area contributed by atoms with Crippen molar-refractivity contribution in [2.75, 3.05) is 4.90 Å². The molecule has 2 heteroatoms. The molecule has 240 valence electrons. The van der Waals surface area contributed by atoms with Crippen molar-refractivity contribution >= 4 is 48.6 Å². The lowest BCUT2D eigenvalue weighted by Gasteiger charge is -2.33. The summed E-state index contributed by atoms with van der Waals surface area (Å²) in [6.45, 7) is 9.49. The molecular weight excluding hydrogens is 623 g/mol. The number of fused-ring (bicyclic) bond motifs is 9. The predicted molar refractivity (Wildman–Crippen MR) is 215 cm³/mol. The molecule has 0 amide bonds. The summed E-state index contributed by atoms with van der Waals surface area (Å²) in [6, 6.07) is 56.7. The number of hydrogen-bond acceptors (Lipinski definition) is 2. The molecule has 0 unspecified atom stereocenters. The molecular formula is C48H37NS. The van der Waals surface area contributed by atoms with E-state index in [2.05, 4.69) is 184 Å². The van der Waals surface area contributed by atoms with Crippen LogP contribution in [0.25, 0.3) is 53.6 Å². The van der Waals surface area contributed by atoms with Gasteiger partial charge in [-0.3, -0.25) is 0 Å². The standard InChI is InChI=1S/C48H37NS/c1-47(2)39-21-8-6-17-35(39)38-29-32(26-27-41(38)47)49(42-23-12-20-36-34-16-5-9-22-40(34)48(3,4)46(36)42)31-15-11-14-30(28-31)33-19-13-25-44-45(33)37-18-7-10-24-43(37)50-44/h5-29H,1-4H3. The van der Waals surface area contributed by atoms with E-state index in [1.807, 2.05) is 11.3 Å². The first kappa shape index (κ1) is 29.5. The first-order valence-corrected chi connectivity index (χ1v) is 18.4. The molecule has 0 aliphatic heterocycles. The fourth-order valence-corrected chi connectivity index (χ4v) is 10.2. The van der Waals surface area contributed by atoms with Gasteiger partial charge in [-0.05, 0) is 98.1 Å². The molecule has 1 nitrogen and oxygen atoms in total. The van der Waals surface area contributed by atoms with E-state index in [1.165, 1.54) is 87.2 Å². The number of anilines is 3. The van der Waals surface area contributed by atoms with Crippen LogP contribution < -0.4 is 4.90 Å². The van der Waals surface area contributed by atoms with Crippen molar-refractivity contribution < 1.29 is 0 Å². The summed E-state index contributed by atoms with van der Waals surface area (Å²) in [5.74, 6) is 0. The van der Waals surface area contributed by atoms with Gasteiger partial charge in [-0.15, -0.1) is 11.3 Å². The minimum Gasteiger partial charge on any atom is -0.310 e. The number of benzene rings is 7. The molecule has 0 spiro atoms. The van der Waals surface area contributed by atoms with E-state index in [4.69, 9.17) is 0 Å². The lowest BCUT2D eigenvalue weighted by Crippen LogP contribution is -2.21. The first-order valence-electron chi connectivity index (χ1n) is 17.6. The van der Waals surface area contributed by atoms with E-state index in [9.17, 15) is 0 Å². The zero-order chi connectivity index (χ0) is 33.8. The number of nitrogens with zero attached hydrogens (tertiary/aromatic N) is 1. The van der Waals surface area contributed by atoms with Gasteiger partial charge >= 0.3 is 0 Å². The van der Waals surface area contributed by atoms with Gasteiger partial charge in [-0.2, -0.15) is 0 Å². The van der Waals surface area contributed by atoms with Gasteiger partial charge < -0.3 is 4.90 Å². The molecule has 0 N–H and O–H groups in total. The van der Waals surface area contributed by atoms with Gasteiger partial charge in [0.2, 0.25) is 0 Å². The van der Waals surface area contributed by atoms with E-state index in [0.29, 0.717) is 0 Å². The monoisotopic (exact) mass is 659 g/mol. The third kappa shape index (κ3) is 4.06. The van der Waals surface area contributed by atoms with Crippen LogP contribution in [0, 0.1) is 0 Å². The average molecular weight is 660 g/mol. The van der Waals surface area contributed by atoms with Crippen molar-refractivity contribution in [3.8, 4) is 33.4 Å². The van der Waals surface area contributed by atoms with E-state index in [-0.39, 0.29) is 10.8 Å². The van der Waals surface area contributed by atoms with E-state index in [1.54, 1.807) is 0 Å². The summed E-state index contributed by atoms with van der Waals surface area (Å²) < 4.78 is 2.65. The normalized spacial score (nSPS) is 14.7. The highest BCUT2D eigenvalue weighted by molar-refractivity contribution is 7.25. The molecule has 8 aromatic rings. The molecule has 1 aromatic heterocycles. The van der Waals surface area contributed by atoms with Gasteiger partial charge in [0, 0.05) is 42.4 Å².